The first-order chi connectivity index (χ1) is 18.1. The number of carboxylic acids is 1. The molecule has 2 amide bonds. The Balaban J connectivity index is 1.51. The Morgan fingerprint density at radius 3 is 2.32 bits per heavy atom. The van der Waals surface area contributed by atoms with Gasteiger partial charge < -0.3 is 15.2 Å². The lowest BCUT2D eigenvalue weighted by Crippen LogP contribution is -2.33. The van der Waals surface area contributed by atoms with Gasteiger partial charge in [-0.25, -0.2) is 9.79 Å². The number of aromatic carboxylic acids is 1. The highest BCUT2D eigenvalue weighted by atomic mass is 35.5. The van der Waals surface area contributed by atoms with Gasteiger partial charge in [-0.2, -0.15) is 0 Å². The van der Waals surface area contributed by atoms with Crippen LogP contribution in [0.2, 0.25) is 0 Å². The molecule has 0 spiro atoms. The summed E-state index contributed by atoms with van der Waals surface area (Å²) in [5.41, 5.74) is -2.13. The Morgan fingerprint density at radius 1 is 1.05 bits per heavy atom. The van der Waals surface area contributed by atoms with Crippen molar-refractivity contribution in [3.05, 3.63) is 90.0 Å². The number of nitrogens with one attached hydrogen (secondary N) is 1. The maximum atomic E-state index is 13.3. The second-order valence-corrected chi connectivity index (χ2v) is 9.70. The van der Waals surface area contributed by atoms with Gasteiger partial charge in [-0.1, -0.05) is 42.1 Å². The van der Waals surface area contributed by atoms with Crippen LogP contribution in [0.4, 0.5) is 20.2 Å². The second-order valence-electron chi connectivity index (χ2n) is 8.09. The molecule has 196 valence electrons. The molecule has 12 heteroatoms. The van der Waals surface area contributed by atoms with Gasteiger partial charge in [0.25, 0.3) is 0 Å². The number of rotatable bonds is 9. The molecule has 8 nitrogen and oxygen atoms in total. The Hall–Kier alpha value is -3.96. The van der Waals surface area contributed by atoms with Crippen molar-refractivity contribution < 1.29 is 33.0 Å². The number of amidine groups is 1. The zero-order chi connectivity index (χ0) is 27.3. The number of amides is 2. The molecular weight excluding hydrogens is 540 g/mol. The normalized spacial score (nSPS) is 16.5. The molecule has 0 saturated carbocycles. The van der Waals surface area contributed by atoms with E-state index in [1.807, 2.05) is 30.3 Å². The zero-order valence-corrected chi connectivity index (χ0v) is 21.1. The van der Waals surface area contributed by atoms with Crippen molar-refractivity contribution in [2.24, 2.45) is 4.99 Å². The van der Waals surface area contributed by atoms with Crippen LogP contribution in [-0.4, -0.2) is 43.8 Å². The molecule has 1 aliphatic heterocycles. The fourth-order valence-electron chi connectivity index (χ4n) is 3.55. The van der Waals surface area contributed by atoms with Crippen molar-refractivity contribution in [3.8, 4) is 5.75 Å². The lowest BCUT2D eigenvalue weighted by Gasteiger charge is -2.17. The molecule has 0 aromatic heterocycles. The van der Waals surface area contributed by atoms with Gasteiger partial charge in [0.15, 0.2) is 5.17 Å². The van der Waals surface area contributed by atoms with Gasteiger partial charge in [0, 0.05) is 23.7 Å². The molecule has 3 aromatic carbocycles. The van der Waals surface area contributed by atoms with Crippen LogP contribution in [0.5, 0.6) is 5.75 Å². The SMILES string of the molecule is O=C(CC1SC(=Nc2ccc(OC(F)(F)Cl)cc2)N(Cc2ccccc2)C1=O)Nc1ccc(C(=O)O)cc1. The number of carboxylic acid groups (broad SMARTS) is 1. The summed E-state index contributed by atoms with van der Waals surface area (Å²) < 4.78 is 30.1. The van der Waals surface area contributed by atoms with Crippen LogP contribution >= 0.6 is 23.4 Å². The summed E-state index contributed by atoms with van der Waals surface area (Å²) in [7, 11) is 0. The number of thioether (sulfide) groups is 1. The molecule has 2 N–H and O–H groups in total. The van der Waals surface area contributed by atoms with Crippen LogP contribution in [-0.2, 0) is 16.1 Å². The average molecular weight is 560 g/mol. The van der Waals surface area contributed by atoms with Crippen LogP contribution in [0, 0.1) is 0 Å². The Kier molecular flexibility index (Phi) is 8.28. The minimum atomic E-state index is -3.85. The monoisotopic (exact) mass is 559 g/mol. The van der Waals surface area contributed by atoms with E-state index >= 15 is 0 Å². The quantitative estimate of drug-likeness (QED) is 0.325. The van der Waals surface area contributed by atoms with E-state index in [1.54, 1.807) is 0 Å². The number of nitrogens with zero attached hydrogens (tertiary/aromatic N) is 2. The van der Waals surface area contributed by atoms with E-state index < -0.39 is 22.7 Å². The molecule has 0 bridgehead atoms. The molecule has 1 saturated heterocycles. The van der Waals surface area contributed by atoms with Crippen LogP contribution in [0.25, 0.3) is 0 Å². The molecule has 1 heterocycles. The topological polar surface area (TPSA) is 108 Å². The number of carbonyl (C=O) groups excluding carboxylic acids is 2. The molecular formula is C26H20ClF2N3O5S. The highest BCUT2D eigenvalue weighted by molar-refractivity contribution is 8.15. The van der Waals surface area contributed by atoms with Crippen molar-refractivity contribution in [2.75, 3.05) is 5.32 Å². The van der Waals surface area contributed by atoms with Crippen molar-refractivity contribution in [1.82, 2.24) is 4.90 Å². The van der Waals surface area contributed by atoms with E-state index in [0.717, 1.165) is 17.3 Å². The van der Waals surface area contributed by atoms with E-state index in [4.69, 9.17) is 16.7 Å². The minimum Gasteiger partial charge on any atom is -0.478 e. The largest absolute Gasteiger partial charge is 0.487 e. The van der Waals surface area contributed by atoms with E-state index in [9.17, 15) is 23.2 Å². The molecule has 1 fully saturated rings. The number of aliphatic imine (C=N–C) groups is 1. The summed E-state index contributed by atoms with van der Waals surface area (Å²) in [6.07, 6.45) is -0.147. The highest BCUT2D eigenvalue weighted by Gasteiger charge is 2.39. The smallest absolute Gasteiger partial charge is 0.478 e. The lowest BCUT2D eigenvalue weighted by molar-refractivity contribution is -0.128. The van der Waals surface area contributed by atoms with Crippen molar-refractivity contribution >= 4 is 57.7 Å². The van der Waals surface area contributed by atoms with Crippen LogP contribution in [0.15, 0.2) is 83.9 Å². The zero-order valence-electron chi connectivity index (χ0n) is 19.5. The summed E-state index contributed by atoms with van der Waals surface area (Å²) in [6.45, 7) is 0.222. The third kappa shape index (κ3) is 7.30. The van der Waals surface area contributed by atoms with Gasteiger partial charge >= 0.3 is 11.5 Å². The summed E-state index contributed by atoms with van der Waals surface area (Å²) in [4.78, 5) is 43.0. The molecule has 3 aromatic rings. The molecule has 0 radical (unpaired) electrons. The molecule has 38 heavy (non-hydrogen) atoms. The van der Waals surface area contributed by atoms with Crippen LogP contribution < -0.4 is 10.1 Å². The Morgan fingerprint density at radius 2 is 1.71 bits per heavy atom. The Bertz CT molecular complexity index is 1350. The number of carbonyl (C=O) groups is 3. The molecule has 4 rings (SSSR count). The maximum absolute atomic E-state index is 13.3. The number of alkyl halides is 3. The van der Waals surface area contributed by atoms with E-state index in [1.165, 1.54) is 53.4 Å². The third-order valence-corrected chi connectivity index (χ3v) is 6.54. The summed E-state index contributed by atoms with van der Waals surface area (Å²) >= 11 is 5.91. The number of benzene rings is 3. The first kappa shape index (κ1) is 27.1. The van der Waals surface area contributed by atoms with Gasteiger partial charge in [0.05, 0.1) is 17.8 Å². The van der Waals surface area contributed by atoms with E-state index in [0.29, 0.717) is 16.5 Å². The van der Waals surface area contributed by atoms with Gasteiger partial charge in [-0.15, -0.1) is 8.78 Å². The Labute approximate surface area is 225 Å². The highest BCUT2D eigenvalue weighted by Crippen LogP contribution is 2.34. The van der Waals surface area contributed by atoms with Gasteiger partial charge in [-0.3, -0.25) is 14.5 Å². The fourth-order valence-corrected chi connectivity index (χ4v) is 4.79. The first-order valence-corrected chi connectivity index (χ1v) is 12.4. The minimum absolute atomic E-state index is 0.0814. The fraction of sp³-hybridized carbons (Fsp3) is 0.154. The average Bonchev–Trinajstić information content (AvgIpc) is 3.14. The van der Waals surface area contributed by atoms with Crippen molar-refractivity contribution in [3.63, 3.8) is 0 Å². The summed E-state index contributed by atoms with van der Waals surface area (Å²) in [6, 6.07) is 20.3. The van der Waals surface area contributed by atoms with E-state index in [-0.39, 0.29) is 30.2 Å². The number of hydrogen-bond acceptors (Lipinski definition) is 6. The van der Waals surface area contributed by atoms with Crippen LogP contribution in [0.3, 0.4) is 0 Å². The van der Waals surface area contributed by atoms with Gasteiger partial charge in [0.1, 0.15) is 11.0 Å². The van der Waals surface area contributed by atoms with Crippen LogP contribution in [0.1, 0.15) is 22.3 Å². The summed E-state index contributed by atoms with van der Waals surface area (Å²) in [5, 5.41) is 11.3. The number of halogens is 3. The molecule has 1 aliphatic rings. The second kappa shape index (κ2) is 11.6. The summed E-state index contributed by atoms with van der Waals surface area (Å²) in [5.74, 6) is -1.98. The predicted molar refractivity (Wildman–Crippen MR) is 140 cm³/mol. The van der Waals surface area contributed by atoms with Gasteiger partial charge in [0.2, 0.25) is 11.8 Å². The number of anilines is 1. The standard InChI is InChI=1S/C26H20ClF2N3O5S/c27-26(28,29)37-20-12-10-19(11-13-20)31-25-32(15-16-4-2-1-3-5-16)23(34)21(38-25)14-22(33)30-18-8-6-17(7-9-18)24(35)36/h1-13,21H,14-15H2,(H,30,33)(H,35,36). The van der Waals surface area contributed by atoms with Gasteiger partial charge in [-0.05, 0) is 54.1 Å². The number of ether oxygens (including phenoxy) is 1. The maximum Gasteiger partial charge on any atom is 0.487 e. The molecule has 1 atom stereocenters. The van der Waals surface area contributed by atoms with E-state index in [2.05, 4.69) is 15.0 Å². The molecule has 1 unspecified atom stereocenters. The lowest BCUT2D eigenvalue weighted by atomic mass is 10.2. The first-order valence-electron chi connectivity index (χ1n) is 11.2. The molecule has 0 aliphatic carbocycles. The number of hydrogen-bond donors (Lipinski definition) is 2. The third-order valence-electron chi connectivity index (χ3n) is 5.28. The van der Waals surface area contributed by atoms with Crippen molar-refractivity contribution in [2.45, 2.75) is 23.8 Å². The van der Waals surface area contributed by atoms with Crippen molar-refractivity contribution in [1.29, 1.82) is 0 Å². The predicted octanol–water partition coefficient (Wildman–Crippen LogP) is 5.71.